The first-order valence-electron chi connectivity index (χ1n) is 9.00. The van der Waals surface area contributed by atoms with E-state index in [2.05, 4.69) is 39.5 Å². The highest BCUT2D eigenvalue weighted by Crippen LogP contribution is 2.27. The van der Waals surface area contributed by atoms with E-state index in [9.17, 15) is 5.11 Å². The molecule has 2 atom stereocenters. The zero-order valence-electron chi connectivity index (χ0n) is 16.2. The molecular formula is C24H29NO. The Labute approximate surface area is 157 Å². The third-order valence-electron chi connectivity index (χ3n) is 4.50. The van der Waals surface area contributed by atoms with Gasteiger partial charge in [0.15, 0.2) is 0 Å². The number of nitrogens with zero attached hydrogens (tertiary/aromatic N) is 1. The zero-order chi connectivity index (χ0) is 19.1. The highest BCUT2D eigenvalue weighted by atomic mass is 16.3. The number of allylic oxidation sites excluding steroid dienone is 6. The van der Waals surface area contributed by atoms with E-state index in [1.807, 2.05) is 72.8 Å². The highest BCUT2D eigenvalue weighted by Gasteiger charge is 2.15. The second-order valence-corrected chi connectivity index (χ2v) is 6.78. The number of aliphatic hydroxyl groups is 1. The maximum atomic E-state index is 10.7. The third kappa shape index (κ3) is 4.96. The zero-order valence-corrected chi connectivity index (χ0v) is 16.2. The van der Waals surface area contributed by atoms with Gasteiger partial charge in [-0.25, -0.2) is 0 Å². The van der Waals surface area contributed by atoms with Gasteiger partial charge >= 0.3 is 0 Å². The van der Waals surface area contributed by atoms with Crippen LogP contribution in [0.15, 0.2) is 85.3 Å². The fourth-order valence-corrected chi connectivity index (χ4v) is 3.22. The summed E-state index contributed by atoms with van der Waals surface area (Å²) in [7, 11) is 0. The van der Waals surface area contributed by atoms with E-state index >= 15 is 0 Å². The summed E-state index contributed by atoms with van der Waals surface area (Å²) in [5.74, 6) is -0.0313. The molecule has 0 saturated carbocycles. The Morgan fingerprint density at radius 1 is 1.00 bits per heavy atom. The van der Waals surface area contributed by atoms with Gasteiger partial charge in [0, 0.05) is 18.3 Å². The average Bonchev–Trinajstić information content (AvgIpc) is 2.55. The van der Waals surface area contributed by atoms with Crippen molar-refractivity contribution in [3.63, 3.8) is 0 Å². The number of anilines is 1. The van der Waals surface area contributed by atoms with Crippen molar-refractivity contribution in [3.05, 3.63) is 102 Å². The van der Waals surface area contributed by atoms with Gasteiger partial charge in [0.2, 0.25) is 0 Å². The molecule has 1 aliphatic rings. The fraction of sp³-hybridized carbons (Fsp3) is 0.250. The Morgan fingerprint density at radius 3 is 2.27 bits per heavy atom. The molecular weight excluding hydrogens is 318 g/mol. The van der Waals surface area contributed by atoms with Crippen LogP contribution < -0.4 is 4.90 Å². The van der Waals surface area contributed by atoms with E-state index in [-0.39, 0.29) is 5.92 Å². The van der Waals surface area contributed by atoms with E-state index in [1.54, 1.807) is 0 Å². The number of hydrogen-bond acceptors (Lipinski definition) is 2. The van der Waals surface area contributed by atoms with Gasteiger partial charge in [0.25, 0.3) is 0 Å². The molecule has 0 amide bonds. The number of hydrogen-bond donors (Lipinski definition) is 1. The Hall–Kier alpha value is -2.58. The molecule has 1 aliphatic carbocycles. The van der Waals surface area contributed by atoms with E-state index in [1.165, 1.54) is 16.7 Å². The molecule has 136 valence electrons. The van der Waals surface area contributed by atoms with Crippen LogP contribution in [0.2, 0.25) is 0 Å². The van der Waals surface area contributed by atoms with Gasteiger partial charge in [-0.1, -0.05) is 79.8 Å². The molecule has 0 spiro atoms. The fourth-order valence-electron chi connectivity index (χ4n) is 3.22. The topological polar surface area (TPSA) is 23.5 Å². The molecule has 2 nitrogen and oxygen atoms in total. The minimum atomic E-state index is -0.564. The Kier molecular flexibility index (Phi) is 6.99. The summed E-state index contributed by atoms with van der Waals surface area (Å²) in [6, 6.07) is 4.35. The standard InChI is InChI=1S/C24H29NO/c1-6-25(23-20(4)16-18(2)17-21(23)5)15-14-19(3)24(26)22-12-10-8-7-9-11-13-22/h6-17,19,24,26H,1H2,2-5H3/b8-7-,9-7?,10-8?,11-9-,12-10?,13-11?,15-14-,22-12?,22-13?. The number of aliphatic hydroxyl groups excluding tert-OH is 1. The molecule has 1 aromatic rings. The van der Waals surface area contributed by atoms with Gasteiger partial charge in [-0.2, -0.15) is 0 Å². The lowest BCUT2D eigenvalue weighted by atomic mass is 9.95. The average molecular weight is 348 g/mol. The van der Waals surface area contributed by atoms with Crippen molar-refractivity contribution in [3.8, 4) is 0 Å². The van der Waals surface area contributed by atoms with Gasteiger partial charge < -0.3 is 10.0 Å². The van der Waals surface area contributed by atoms with Crippen molar-refractivity contribution in [1.82, 2.24) is 0 Å². The van der Waals surface area contributed by atoms with Crippen LogP contribution >= 0.6 is 0 Å². The van der Waals surface area contributed by atoms with Crippen molar-refractivity contribution >= 4 is 5.69 Å². The quantitative estimate of drug-likeness (QED) is 0.715. The highest BCUT2D eigenvalue weighted by molar-refractivity contribution is 5.63. The van der Waals surface area contributed by atoms with Crippen LogP contribution in [-0.2, 0) is 0 Å². The Balaban J connectivity index is 2.20. The molecule has 1 N–H and O–H groups in total. The largest absolute Gasteiger partial charge is 0.388 e. The normalized spacial score (nSPS) is 18.6. The molecule has 26 heavy (non-hydrogen) atoms. The van der Waals surface area contributed by atoms with Gasteiger partial charge in [-0.15, -0.1) is 0 Å². The molecule has 0 aliphatic heterocycles. The van der Waals surface area contributed by atoms with Gasteiger partial charge in [-0.3, -0.25) is 0 Å². The first-order valence-corrected chi connectivity index (χ1v) is 9.00. The lowest BCUT2D eigenvalue weighted by molar-refractivity contribution is 0.177. The number of aryl methyl sites for hydroxylation is 3. The van der Waals surface area contributed by atoms with Crippen LogP contribution in [0.1, 0.15) is 23.6 Å². The van der Waals surface area contributed by atoms with Crippen LogP contribution in [0.5, 0.6) is 0 Å². The smallest absolute Gasteiger partial charge is 0.0850 e. The van der Waals surface area contributed by atoms with Crippen molar-refractivity contribution in [2.24, 2.45) is 5.92 Å². The summed E-state index contributed by atoms with van der Waals surface area (Å²) in [5, 5.41) is 10.7. The summed E-state index contributed by atoms with van der Waals surface area (Å²) >= 11 is 0. The third-order valence-corrected chi connectivity index (χ3v) is 4.50. The predicted octanol–water partition coefficient (Wildman–Crippen LogP) is 5.68. The number of rotatable bonds is 6. The second kappa shape index (κ2) is 9.21. The summed E-state index contributed by atoms with van der Waals surface area (Å²) < 4.78 is 0. The Bertz CT molecular complexity index is 769. The van der Waals surface area contributed by atoms with Crippen LogP contribution in [-0.4, -0.2) is 11.2 Å². The van der Waals surface area contributed by atoms with Gasteiger partial charge in [-0.05, 0) is 37.5 Å². The molecule has 0 radical (unpaired) electrons. The first kappa shape index (κ1) is 19.7. The molecule has 2 rings (SSSR count). The van der Waals surface area contributed by atoms with Crippen LogP contribution in [0.3, 0.4) is 0 Å². The number of benzene rings is 1. The molecule has 0 saturated heterocycles. The molecule has 0 heterocycles. The summed E-state index contributed by atoms with van der Waals surface area (Å²) in [6.45, 7) is 12.3. The van der Waals surface area contributed by atoms with Crippen LogP contribution in [0, 0.1) is 26.7 Å². The Morgan fingerprint density at radius 2 is 1.62 bits per heavy atom. The SMILES string of the molecule is C=CN(/C=C\C(C)C(O)C1=C/C=C\C=C/C=C1)c1c(C)cc(C)cc1C. The molecule has 2 heteroatoms. The van der Waals surface area contributed by atoms with Crippen molar-refractivity contribution < 1.29 is 5.11 Å². The first-order chi connectivity index (χ1) is 12.4. The minimum Gasteiger partial charge on any atom is -0.388 e. The maximum absolute atomic E-state index is 10.7. The van der Waals surface area contributed by atoms with Crippen molar-refractivity contribution in [2.75, 3.05) is 4.90 Å². The van der Waals surface area contributed by atoms with E-state index in [0.29, 0.717) is 0 Å². The molecule has 0 aromatic heterocycles. The molecule has 1 aromatic carbocycles. The molecule has 2 unspecified atom stereocenters. The summed E-state index contributed by atoms with van der Waals surface area (Å²) in [4.78, 5) is 2.03. The van der Waals surface area contributed by atoms with E-state index < -0.39 is 6.10 Å². The lowest BCUT2D eigenvalue weighted by Crippen LogP contribution is -2.19. The molecule has 0 fully saturated rings. The monoisotopic (exact) mass is 347 g/mol. The lowest BCUT2D eigenvalue weighted by Gasteiger charge is -2.23. The van der Waals surface area contributed by atoms with Crippen molar-refractivity contribution in [2.45, 2.75) is 33.8 Å². The van der Waals surface area contributed by atoms with Crippen molar-refractivity contribution in [1.29, 1.82) is 0 Å². The van der Waals surface area contributed by atoms with Crippen LogP contribution in [0.4, 0.5) is 5.69 Å². The van der Waals surface area contributed by atoms with E-state index in [0.717, 1.165) is 11.3 Å². The van der Waals surface area contributed by atoms with Gasteiger partial charge in [0.05, 0.1) is 11.8 Å². The predicted molar refractivity (Wildman–Crippen MR) is 113 cm³/mol. The second-order valence-electron chi connectivity index (χ2n) is 6.78. The van der Waals surface area contributed by atoms with E-state index in [4.69, 9.17) is 0 Å². The maximum Gasteiger partial charge on any atom is 0.0850 e. The van der Waals surface area contributed by atoms with Crippen LogP contribution in [0.25, 0.3) is 0 Å². The summed E-state index contributed by atoms with van der Waals surface area (Å²) in [5.41, 5.74) is 5.72. The molecule has 0 bridgehead atoms. The minimum absolute atomic E-state index is 0.0313. The van der Waals surface area contributed by atoms with Gasteiger partial charge in [0.1, 0.15) is 0 Å². The summed E-state index contributed by atoms with van der Waals surface area (Å²) in [6.07, 6.45) is 18.9.